The van der Waals surface area contributed by atoms with Gasteiger partial charge in [0.1, 0.15) is 17.6 Å². The molecule has 0 aromatic heterocycles. The molecule has 0 bridgehead atoms. The van der Waals surface area contributed by atoms with E-state index in [1.165, 1.54) is 18.2 Å². The van der Waals surface area contributed by atoms with E-state index in [1.54, 1.807) is 6.07 Å². The van der Waals surface area contributed by atoms with E-state index in [1.807, 2.05) is 0 Å². The van der Waals surface area contributed by atoms with Crippen LogP contribution in [0.4, 0.5) is 4.39 Å². The maximum absolute atomic E-state index is 13.1. The smallest absolute Gasteiger partial charge is 0.240 e. The summed E-state index contributed by atoms with van der Waals surface area (Å²) in [4.78, 5) is 35.1. The fraction of sp³-hybridized carbons (Fsp3) is 0.438. The number of primary amides is 1. The molecule has 1 saturated carbocycles. The monoisotopic (exact) mass is 306 g/mol. The van der Waals surface area contributed by atoms with E-state index < -0.39 is 23.7 Å². The van der Waals surface area contributed by atoms with Crippen molar-refractivity contribution in [1.82, 2.24) is 5.32 Å². The van der Waals surface area contributed by atoms with Gasteiger partial charge in [-0.3, -0.25) is 14.4 Å². The maximum Gasteiger partial charge on any atom is 0.240 e. The van der Waals surface area contributed by atoms with Gasteiger partial charge in [-0.1, -0.05) is 12.1 Å². The molecule has 1 fully saturated rings. The zero-order chi connectivity index (χ0) is 16.1. The molecule has 3 N–H and O–H groups in total. The summed E-state index contributed by atoms with van der Waals surface area (Å²) in [5.74, 6) is -1.65. The van der Waals surface area contributed by atoms with Gasteiger partial charge in [0, 0.05) is 12.8 Å². The van der Waals surface area contributed by atoms with Crippen molar-refractivity contribution < 1.29 is 18.8 Å². The average Bonchev–Trinajstić information content (AvgIpc) is 2.44. The second-order valence-corrected chi connectivity index (χ2v) is 5.65. The van der Waals surface area contributed by atoms with Crippen LogP contribution in [0, 0.1) is 11.7 Å². The molecule has 0 heterocycles. The highest BCUT2D eigenvalue weighted by Crippen LogP contribution is 2.24. The third-order valence-corrected chi connectivity index (χ3v) is 3.87. The minimum Gasteiger partial charge on any atom is -0.368 e. The van der Waals surface area contributed by atoms with E-state index in [-0.39, 0.29) is 24.5 Å². The second kappa shape index (κ2) is 7.15. The lowest BCUT2D eigenvalue weighted by Crippen LogP contribution is -2.50. The van der Waals surface area contributed by atoms with Crippen molar-refractivity contribution in [2.24, 2.45) is 11.7 Å². The first-order valence-corrected chi connectivity index (χ1v) is 7.30. The minimum absolute atomic E-state index is 0.0395. The number of hydrogen-bond acceptors (Lipinski definition) is 3. The standard InChI is InChI=1S/C16H19FN2O3/c17-12-5-1-3-10(7-12)8-14(21)19-15(16(18)22)11-4-2-6-13(20)9-11/h1,3,5,7,11,15H,2,4,6,8-9H2,(H2,18,22)(H,19,21)/t11-,15-/m0/s1. The Labute approximate surface area is 128 Å². The summed E-state index contributed by atoms with van der Waals surface area (Å²) in [7, 11) is 0. The van der Waals surface area contributed by atoms with E-state index in [9.17, 15) is 18.8 Å². The highest BCUT2D eigenvalue weighted by atomic mass is 19.1. The molecule has 2 amide bonds. The Morgan fingerprint density at radius 1 is 1.41 bits per heavy atom. The van der Waals surface area contributed by atoms with Gasteiger partial charge in [-0.25, -0.2) is 4.39 Å². The number of benzene rings is 1. The number of ketones is 1. The van der Waals surface area contributed by atoms with Crippen LogP contribution in [0.2, 0.25) is 0 Å². The van der Waals surface area contributed by atoms with Crippen molar-refractivity contribution >= 4 is 17.6 Å². The number of nitrogens with two attached hydrogens (primary N) is 1. The van der Waals surface area contributed by atoms with Crippen LogP contribution in [-0.4, -0.2) is 23.6 Å². The first-order chi connectivity index (χ1) is 10.5. The predicted molar refractivity (Wildman–Crippen MR) is 78.2 cm³/mol. The Hall–Kier alpha value is -2.24. The number of carbonyl (C=O) groups is 3. The predicted octanol–water partition coefficient (Wildman–Crippen LogP) is 1.10. The molecule has 1 aliphatic rings. The number of nitrogens with one attached hydrogen (secondary N) is 1. The first kappa shape index (κ1) is 16.1. The highest BCUT2D eigenvalue weighted by molar-refractivity contribution is 5.89. The molecule has 1 aromatic rings. The summed E-state index contributed by atoms with van der Waals surface area (Å²) in [6.07, 6.45) is 2.11. The van der Waals surface area contributed by atoms with Crippen LogP contribution in [-0.2, 0) is 20.8 Å². The first-order valence-electron chi connectivity index (χ1n) is 7.30. The molecule has 1 aliphatic carbocycles. The normalized spacial score (nSPS) is 19.5. The van der Waals surface area contributed by atoms with Gasteiger partial charge in [0.05, 0.1) is 6.42 Å². The molecule has 0 unspecified atom stereocenters. The van der Waals surface area contributed by atoms with Crippen LogP contribution in [0.1, 0.15) is 31.2 Å². The Morgan fingerprint density at radius 2 is 2.18 bits per heavy atom. The van der Waals surface area contributed by atoms with Gasteiger partial charge < -0.3 is 11.1 Å². The summed E-state index contributed by atoms with van der Waals surface area (Å²) in [5, 5.41) is 2.59. The number of amides is 2. The zero-order valence-electron chi connectivity index (χ0n) is 12.2. The molecule has 0 radical (unpaired) electrons. The largest absolute Gasteiger partial charge is 0.368 e. The molecule has 0 saturated heterocycles. The third-order valence-electron chi connectivity index (χ3n) is 3.87. The molecule has 0 aliphatic heterocycles. The molecule has 6 heteroatoms. The highest BCUT2D eigenvalue weighted by Gasteiger charge is 2.31. The average molecular weight is 306 g/mol. The van der Waals surface area contributed by atoms with E-state index >= 15 is 0 Å². The van der Waals surface area contributed by atoms with Crippen molar-refractivity contribution in [2.75, 3.05) is 0 Å². The van der Waals surface area contributed by atoms with E-state index in [4.69, 9.17) is 5.73 Å². The number of Topliss-reactive ketones (excluding diaryl/α,β-unsaturated/α-hetero) is 1. The van der Waals surface area contributed by atoms with Crippen LogP contribution in [0.3, 0.4) is 0 Å². The van der Waals surface area contributed by atoms with E-state index in [0.29, 0.717) is 24.8 Å². The summed E-state index contributed by atoms with van der Waals surface area (Å²) in [6.45, 7) is 0. The van der Waals surface area contributed by atoms with Crippen LogP contribution in [0.25, 0.3) is 0 Å². The molecule has 5 nitrogen and oxygen atoms in total. The van der Waals surface area contributed by atoms with E-state index in [2.05, 4.69) is 5.32 Å². The van der Waals surface area contributed by atoms with Crippen molar-refractivity contribution in [3.05, 3.63) is 35.6 Å². The van der Waals surface area contributed by atoms with Gasteiger partial charge >= 0.3 is 0 Å². The molecular formula is C16H19FN2O3. The fourth-order valence-corrected chi connectivity index (χ4v) is 2.82. The molecule has 2 atom stereocenters. The number of halogens is 1. The van der Waals surface area contributed by atoms with Crippen LogP contribution < -0.4 is 11.1 Å². The summed E-state index contributed by atoms with van der Waals surface area (Å²) in [6, 6.07) is 4.85. The second-order valence-electron chi connectivity index (χ2n) is 5.65. The summed E-state index contributed by atoms with van der Waals surface area (Å²) < 4.78 is 13.1. The Balaban J connectivity index is 1.99. The third kappa shape index (κ3) is 4.38. The van der Waals surface area contributed by atoms with Gasteiger partial charge in [-0.05, 0) is 36.5 Å². The maximum atomic E-state index is 13.1. The number of rotatable bonds is 5. The lowest BCUT2D eigenvalue weighted by atomic mass is 9.83. The van der Waals surface area contributed by atoms with E-state index in [0.717, 1.165) is 0 Å². The molecule has 1 aromatic carbocycles. The van der Waals surface area contributed by atoms with Crippen LogP contribution in [0.15, 0.2) is 24.3 Å². The molecule has 118 valence electrons. The lowest BCUT2D eigenvalue weighted by Gasteiger charge is -2.28. The molecule has 22 heavy (non-hydrogen) atoms. The van der Waals surface area contributed by atoms with Crippen LogP contribution in [0.5, 0.6) is 0 Å². The molecule has 0 spiro atoms. The number of hydrogen-bond donors (Lipinski definition) is 2. The summed E-state index contributed by atoms with van der Waals surface area (Å²) >= 11 is 0. The van der Waals surface area contributed by atoms with Crippen molar-refractivity contribution in [1.29, 1.82) is 0 Å². The lowest BCUT2D eigenvalue weighted by molar-refractivity contribution is -0.130. The Bertz CT molecular complexity index is 589. The SMILES string of the molecule is NC(=O)[C@@H](NC(=O)Cc1cccc(F)c1)[C@H]1CCCC(=O)C1. The fourth-order valence-electron chi connectivity index (χ4n) is 2.82. The van der Waals surface area contributed by atoms with Gasteiger partial charge in [0.15, 0.2) is 0 Å². The van der Waals surface area contributed by atoms with Crippen LogP contribution >= 0.6 is 0 Å². The number of carbonyl (C=O) groups excluding carboxylic acids is 3. The quantitative estimate of drug-likeness (QED) is 0.853. The zero-order valence-corrected chi connectivity index (χ0v) is 12.2. The van der Waals surface area contributed by atoms with Gasteiger partial charge in [0.2, 0.25) is 11.8 Å². The Morgan fingerprint density at radius 3 is 2.82 bits per heavy atom. The van der Waals surface area contributed by atoms with Gasteiger partial charge in [-0.2, -0.15) is 0 Å². The van der Waals surface area contributed by atoms with Crippen molar-refractivity contribution in [3.63, 3.8) is 0 Å². The Kier molecular flexibility index (Phi) is 5.25. The summed E-state index contributed by atoms with van der Waals surface area (Å²) in [5.41, 5.74) is 5.87. The van der Waals surface area contributed by atoms with Crippen molar-refractivity contribution in [3.8, 4) is 0 Å². The topological polar surface area (TPSA) is 89.3 Å². The molecule has 2 rings (SSSR count). The van der Waals surface area contributed by atoms with Gasteiger partial charge in [-0.15, -0.1) is 0 Å². The van der Waals surface area contributed by atoms with Crippen molar-refractivity contribution in [2.45, 2.75) is 38.1 Å². The van der Waals surface area contributed by atoms with Gasteiger partial charge in [0.25, 0.3) is 0 Å². The minimum atomic E-state index is -0.856. The molecular weight excluding hydrogens is 287 g/mol.